The van der Waals surface area contributed by atoms with Crippen molar-refractivity contribution in [2.75, 3.05) is 31.2 Å². The number of fused-ring (bicyclic) bond motifs is 2. The van der Waals surface area contributed by atoms with Crippen molar-refractivity contribution in [3.63, 3.8) is 0 Å². The average Bonchev–Trinajstić information content (AvgIpc) is 2.83. The fraction of sp³-hybridized carbons (Fsp3) is 0.276. The minimum absolute atomic E-state index is 0.0465. The predicted molar refractivity (Wildman–Crippen MR) is 136 cm³/mol. The Kier molecular flexibility index (Phi) is 6.75. The summed E-state index contributed by atoms with van der Waals surface area (Å²) in [5.41, 5.74) is 6.38. The van der Waals surface area contributed by atoms with E-state index < -0.39 is 5.97 Å². The SMILES string of the molecule is C=c1cc2c(cc1C)=C(c1ccccc1C(=O)OCCO)c1cc(C)c(N(CC)CC)cc1O2. The standard InChI is InChI=1S/C29H31NO4/c1-6-30(7-2)25-17-27-24(15-20(25)5)28(23-14-18(3)19(4)16-26(23)34-27)21-10-8-9-11-22(21)29(32)33-13-12-31/h8-11,14-17,31H,4,6-7,12-13H2,1-3,5H3. The van der Waals surface area contributed by atoms with Gasteiger partial charge in [-0.3, -0.25) is 0 Å². The van der Waals surface area contributed by atoms with Gasteiger partial charge >= 0.3 is 5.97 Å². The lowest BCUT2D eigenvalue weighted by atomic mass is 9.88. The van der Waals surface area contributed by atoms with Gasteiger partial charge in [0, 0.05) is 41.2 Å². The third-order valence-corrected chi connectivity index (χ3v) is 6.34. The average molecular weight is 458 g/mol. The molecule has 1 aliphatic heterocycles. The molecule has 0 unspecified atom stereocenters. The second-order valence-electron chi connectivity index (χ2n) is 8.46. The van der Waals surface area contributed by atoms with E-state index in [-0.39, 0.29) is 13.2 Å². The maximum Gasteiger partial charge on any atom is 0.338 e. The van der Waals surface area contributed by atoms with Gasteiger partial charge in [0.25, 0.3) is 0 Å². The molecule has 0 saturated carbocycles. The van der Waals surface area contributed by atoms with Crippen molar-refractivity contribution >= 4 is 23.8 Å². The lowest BCUT2D eigenvalue weighted by molar-refractivity contribution is 0.0433. The highest BCUT2D eigenvalue weighted by Crippen LogP contribution is 2.41. The molecule has 1 aliphatic rings. The van der Waals surface area contributed by atoms with Crippen LogP contribution in [0.1, 0.15) is 46.5 Å². The highest BCUT2D eigenvalue weighted by Gasteiger charge is 2.26. The van der Waals surface area contributed by atoms with Gasteiger partial charge in [0.05, 0.1) is 12.2 Å². The van der Waals surface area contributed by atoms with Gasteiger partial charge in [-0.2, -0.15) is 0 Å². The van der Waals surface area contributed by atoms with Crippen LogP contribution in [0.5, 0.6) is 11.5 Å². The Hall–Kier alpha value is -3.57. The molecule has 4 rings (SSSR count). The first-order valence-electron chi connectivity index (χ1n) is 11.7. The molecule has 0 aliphatic carbocycles. The largest absolute Gasteiger partial charge is 0.460 e. The zero-order valence-electron chi connectivity index (χ0n) is 20.3. The van der Waals surface area contributed by atoms with Crippen molar-refractivity contribution in [1.82, 2.24) is 0 Å². The number of hydrogen-bond acceptors (Lipinski definition) is 5. The monoisotopic (exact) mass is 457 g/mol. The zero-order valence-corrected chi connectivity index (χ0v) is 20.3. The minimum atomic E-state index is -0.464. The Labute approximate surface area is 200 Å². The smallest absolute Gasteiger partial charge is 0.338 e. The van der Waals surface area contributed by atoms with Crippen molar-refractivity contribution < 1.29 is 19.4 Å². The molecule has 1 N–H and O–H groups in total. The number of aliphatic hydroxyl groups excluding tert-OH is 1. The van der Waals surface area contributed by atoms with E-state index in [0.29, 0.717) is 11.3 Å². The van der Waals surface area contributed by atoms with Crippen molar-refractivity contribution in [2.45, 2.75) is 27.7 Å². The molecule has 1 heterocycles. The molecule has 0 radical (unpaired) electrons. The van der Waals surface area contributed by atoms with E-state index in [9.17, 15) is 4.79 Å². The normalized spacial score (nSPS) is 12.0. The molecule has 3 aromatic rings. The number of anilines is 1. The molecule has 0 aromatic heterocycles. The second-order valence-corrected chi connectivity index (χ2v) is 8.46. The Bertz CT molecular complexity index is 1360. The summed E-state index contributed by atoms with van der Waals surface area (Å²) in [6.07, 6.45) is 0. The van der Waals surface area contributed by atoms with Crippen molar-refractivity contribution in [3.8, 4) is 11.5 Å². The molecule has 3 aromatic carbocycles. The summed E-state index contributed by atoms with van der Waals surface area (Å²) in [5, 5.41) is 10.9. The third kappa shape index (κ3) is 4.19. The van der Waals surface area contributed by atoms with Crippen LogP contribution >= 0.6 is 0 Å². The fourth-order valence-corrected chi connectivity index (χ4v) is 4.52. The number of nitrogens with zero attached hydrogens (tertiary/aromatic N) is 1. The van der Waals surface area contributed by atoms with Crippen LogP contribution in [0.2, 0.25) is 0 Å². The van der Waals surface area contributed by atoms with Crippen molar-refractivity contribution in [1.29, 1.82) is 0 Å². The van der Waals surface area contributed by atoms with Crippen molar-refractivity contribution in [2.24, 2.45) is 0 Å². The number of esters is 1. The van der Waals surface area contributed by atoms with E-state index in [4.69, 9.17) is 14.6 Å². The number of carbonyl (C=O) groups is 1. The summed E-state index contributed by atoms with van der Waals surface area (Å²) in [6, 6.07) is 15.7. The van der Waals surface area contributed by atoms with Gasteiger partial charge in [-0.1, -0.05) is 24.8 Å². The zero-order chi connectivity index (χ0) is 24.4. The van der Waals surface area contributed by atoms with Crippen LogP contribution in [-0.4, -0.2) is 37.4 Å². The van der Waals surface area contributed by atoms with Crippen LogP contribution in [-0.2, 0) is 4.74 Å². The van der Waals surface area contributed by atoms with E-state index in [1.807, 2.05) is 31.2 Å². The number of benzene rings is 3. The summed E-state index contributed by atoms with van der Waals surface area (Å²) in [6.45, 7) is 14.1. The van der Waals surface area contributed by atoms with Gasteiger partial charge in [-0.05, 0) is 73.9 Å². The van der Waals surface area contributed by atoms with E-state index >= 15 is 0 Å². The first-order chi connectivity index (χ1) is 16.4. The van der Waals surface area contributed by atoms with Crippen LogP contribution in [0, 0.1) is 13.8 Å². The molecule has 0 bridgehead atoms. The minimum Gasteiger partial charge on any atom is -0.460 e. The molecule has 0 amide bonds. The number of aryl methyl sites for hydroxylation is 2. The van der Waals surface area contributed by atoms with Crippen LogP contribution in [0.4, 0.5) is 5.69 Å². The van der Waals surface area contributed by atoms with Gasteiger partial charge in [0.1, 0.15) is 18.1 Å². The summed E-state index contributed by atoms with van der Waals surface area (Å²) in [5.74, 6) is 0.997. The molecule has 0 atom stereocenters. The predicted octanol–water partition coefficient (Wildman–Crippen LogP) is 4.06. The summed E-state index contributed by atoms with van der Waals surface area (Å²) in [7, 11) is 0. The number of carbonyl (C=O) groups excluding carboxylic acids is 1. The maximum atomic E-state index is 12.9. The van der Waals surface area contributed by atoms with Crippen molar-refractivity contribution in [3.05, 3.63) is 86.8 Å². The van der Waals surface area contributed by atoms with E-state index in [2.05, 4.69) is 50.4 Å². The molecule has 0 spiro atoms. The molecular formula is C29H31NO4. The molecule has 5 heteroatoms. The van der Waals surface area contributed by atoms with E-state index in [1.54, 1.807) is 6.07 Å². The quantitative estimate of drug-likeness (QED) is 0.424. The van der Waals surface area contributed by atoms with Crippen LogP contribution in [0.3, 0.4) is 0 Å². The molecule has 34 heavy (non-hydrogen) atoms. The molecule has 176 valence electrons. The maximum absolute atomic E-state index is 12.9. The fourth-order valence-electron chi connectivity index (χ4n) is 4.52. The Morgan fingerprint density at radius 1 is 1.00 bits per heavy atom. The van der Waals surface area contributed by atoms with Crippen LogP contribution < -0.4 is 20.1 Å². The molecule has 0 fully saturated rings. The molecule has 5 nitrogen and oxygen atoms in total. The first-order valence-corrected chi connectivity index (χ1v) is 11.7. The molecular weight excluding hydrogens is 426 g/mol. The van der Waals surface area contributed by atoms with Gasteiger partial charge < -0.3 is 19.5 Å². The van der Waals surface area contributed by atoms with E-state index in [0.717, 1.165) is 62.8 Å². The number of rotatable bonds is 7. The van der Waals surface area contributed by atoms with Crippen LogP contribution in [0.15, 0.2) is 48.5 Å². The number of ether oxygens (including phenoxy) is 2. The Morgan fingerprint density at radius 3 is 2.44 bits per heavy atom. The second kappa shape index (κ2) is 9.74. The number of hydrogen-bond donors (Lipinski definition) is 1. The first kappa shape index (κ1) is 23.6. The summed E-state index contributed by atoms with van der Waals surface area (Å²) < 4.78 is 11.7. The van der Waals surface area contributed by atoms with Gasteiger partial charge in [-0.15, -0.1) is 0 Å². The third-order valence-electron chi connectivity index (χ3n) is 6.34. The van der Waals surface area contributed by atoms with Crippen LogP contribution in [0.25, 0.3) is 12.2 Å². The van der Waals surface area contributed by atoms with Gasteiger partial charge in [0.2, 0.25) is 0 Å². The molecule has 0 saturated heterocycles. The summed E-state index contributed by atoms with van der Waals surface area (Å²) >= 11 is 0. The number of aliphatic hydroxyl groups is 1. The van der Waals surface area contributed by atoms with Gasteiger partial charge in [0.15, 0.2) is 0 Å². The lowest BCUT2D eigenvalue weighted by Gasteiger charge is -2.28. The highest BCUT2D eigenvalue weighted by atomic mass is 16.5. The Balaban J connectivity index is 2.04. The lowest BCUT2D eigenvalue weighted by Crippen LogP contribution is -2.25. The highest BCUT2D eigenvalue weighted by molar-refractivity contribution is 5.99. The van der Waals surface area contributed by atoms with E-state index in [1.165, 1.54) is 0 Å². The van der Waals surface area contributed by atoms with Gasteiger partial charge in [-0.25, -0.2) is 4.79 Å². The Morgan fingerprint density at radius 2 is 1.74 bits per heavy atom. The summed E-state index contributed by atoms with van der Waals surface area (Å²) in [4.78, 5) is 15.2. The topological polar surface area (TPSA) is 59.0 Å².